The van der Waals surface area contributed by atoms with Crippen molar-refractivity contribution in [3.05, 3.63) is 60.8 Å². The summed E-state index contributed by atoms with van der Waals surface area (Å²) in [4.78, 5) is 25.2. The smallest absolute Gasteiger partial charge is 0.306 e. The average Bonchev–Trinajstić information content (AvgIpc) is 3.20. The van der Waals surface area contributed by atoms with Crippen molar-refractivity contribution in [3.63, 3.8) is 0 Å². The molecule has 1 atom stereocenters. The van der Waals surface area contributed by atoms with Crippen molar-refractivity contribution in [2.24, 2.45) is 0 Å². The van der Waals surface area contributed by atoms with Crippen molar-refractivity contribution in [1.82, 2.24) is 0 Å². The molecule has 0 aliphatic heterocycles. The third-order valence-corrected chi connectivity index (χ3v) is 10.0. The summed E-state index contributed by atoms with van der Waals surface area (Å²) in [6.07, 6.45) is 58.0. The zero-order valence-corrected chi connectivity index (χ0v) is 37.1. The zero-order chi connectivity index (χ0) is 40.7. The first-order chi connectivity index (χ1) is 27.6. The van der Waals surface area contributed by atoms with Gasteiger partial charge in [-0.3, -0.25) is 9.59 Å². The van der Waals surface area contributed by atoms with Crippen LogP contribution in [0.2, 0.25) is 0 Å². The van der Waals surface area contributed by atoms with Gasteiger partial charge in [-0.05, 0) is 83.5 Å². The first-order valence-electron chi connectivity index (χ1n) is 23.8. The number of esters is 2. The Morgan fingerprint density at radius 1 is 0.411 bits per heavy atom. The standard InChI is InChI=1S/C51H90O5/c1-4-7-10-13-16-18-20-22-24-26-28-30-32-34-36-38-41-44-50(52)55-48-49(47-54-46-43-40-15-12-9-6-3)56-51(53)45-42-39-37-35-33-31-29-27-25-23-21-19-17-14-11-8-5-2/h7,10,16-19,22-25,49H,4-6,8-9,11-15,20-21,26-48H2,1-3H3/b10-7-,18-16-,19-17-,24-22-,25-23-. The van der Waals surface area contributed by atoms with Gasteiger partial charge in [0.05, 0.1) is 6.61 Å². The summed E-state index contributed by atoms with van der Waals surface area (Å²) in [5.74, 6) is -0.418. The maximum Gasteiger partial charge on any atom is 0.306 e. The van der Waals surface area contributed by atoms with Gasteiger partial charge in [0.2, 0.25) is 0 Å². The maximum absolute atomic E-state index is 12.7. The molecule has 0 heterocycles. The Balaban J connectivity index is 4.13. The highest BCUT2D eigenvalue weighted by Gasteiger charge is 2.17. The molecule has 0 aromatic rings. The highest BCUT2D eigenvalue weighted by atomic mass is 16.6. The van der Waals surface area contributed by atoms with E-state index in [1.165, 1.54) is 109 Å². The fraction of sp³-hybridized carbons (Fsp3) is 0.765. The minimum absolute atomic E-state index is 0.0764. The van der Waals surface area contributed by atoms with Crippen LogP contribution >= 0.6 is 0 Å². The topological polar surface area (TPSA) is 61.8 Å². The molecule has 0 saturated heterocycles. The van der Waals surface area contributed by atoms with Crippen molar-refractivity contribution in [1.29, 1.82) is 0 Å². The lowest BCUT2D eigenvalue weighted by atomic mass is 10.1. The van der Waals surface area contributed by atoms with Crippen LogP contribution in [0.1, 0.15) is 226 Å². The molecule has 0 rings (SSSR count). The molecular formula is C51H90O5. The number of rotatable bonds is 43. The van der Waals surface area contributed by atoms with Crippen LogP contribution in [0.3, 0.4) is 0 Å². The fourth-order valence-corrected chi connectivity index (χ4v) is 6.49. The predicted molar refractivity (Wildman–Crippen MR) is 242 cm³/mol. The van der Waals surface area contributed by atoms with Crippen molar-refractivity contribution in [2.75, 3.05) is 19.8 Å². The minimum atomic E-state index is -0.540. The van der Waals surface area contributed by atoms with E-state index in [0.717, 1.165) is 83.5 Å². The Morgan fingerprint density at radius 2 is 0.804 bits per heavy atom. The summed E-state index contributed by atoms with van der Waals surface area (Å²) in [5, 5.41) is 0. The molecule has 0 saturated carbocycles. The van der Waals surface area contributed by atoms with Crippen molar-refractivity contribution >= 4 is 11.9 Å². The fourth-order valence-electron chi connectivity index (χ4n) is 6.49. The van der Waals surface area contributed by atoms with E-state index in [4.69, 9.17) is 14.2 Å². The van der Waals surface area contributed by atoms with Gasteiger partial charge >= 0.3 is 11.9 Å². The highest BCUT2D eigenvalue weighted by Crippen LogP contribution is 2.13. The molecule has 56 heavy (non-hydrogen) atoms. The Hall–Kier alpha value is -2.40. The van der Waals surface area contributed by atoms with Gasteiger partial charge in [0.1, 0.15) is 6.61 Å². The summed E-state index contributed by atoms with van der Waals surface area (Å²) >= 11 is 0. The monoisotopic (exact) mass is 783 g/mol. The molecule has 0 radical (unpaired) electrons. The molecule has 0 spiro atoms. The lowest BCUT2D eigenvalue weighted by Gasteiger charge is -2.18. The number of hydrogen-bond donors (Lipinski definition) is 0. The van der Waals surface area contributed by atoms with Gasteiger partial charge in [0.25, 0.3) is 0 Å². The van der Waals surface area contributed by atoms with E-state index in [1.807, 2.05) is 0 Å². The number of carbonyl (C=O) groups excluding carboxylic acids is 2. The van der Waals surface area contributed by atoms with Gasteiger partial charge in [-0.25, -0.2) is 0 Å². The second kappa shape index (κ2) is 47.0. The van der Waals surface area contributed by atoms with Crippen LogP contribution in [0.5, 0.6) is 0 Å². The number of unbranched alkanes of at least 4 members (excludes halogenated alkanes) is 22. The van der Waals surface area contributed by atoms with E-state index in [2.05, 4.69) is 81.5 Å². The Kier molecular flexibility index (Phi) is 45.0. The van der Waals surface area contributed by atoms with Crippen LogP contribution in [-0.4, -0.2) is 37.9 Å². The molecule has 0 amide bonds. The second-order valence-electron chi connectivity index (χ2n) is 15.6. The Bertz CT molecular complexity index is 977. The van der Waals surface area contributed by atoms with E-state index in [9.17, 15) is 9.59 Å². The quantitative estimate of drug-likeness (QED) is 0.0350. The number of ether oxygens (including phenoxy) is 3. The van der Waals surface area contributed by atoms with E-state index in [0.29, 0.717) is 19.4 Å². The normalized spacial score (nSPS) is 12.7. The van der Waals surface area contributed by atoms with E-state index >= 15 is 0 Å². The number of allylic oxidation sites excluding steroid dienone is 10. The summed E-state index contributed by atoms with van der Waals surface area (Å²) in [6.45, 7) is 7.64. The summed E-state index contributed by atoms with van der Waals surface area (Å²) < 4.78 is 17.2. The third-order valence-electron chi connectivity index (χ3n) is 10.0. The molecular weight excluding hydrogens is 693 g/mol. The second-order valence-corrected chi connectivity index (χ2v) is 15.6. The molecule has 0 bridgehead atoms. The van der Waals surface area contributed by atoms with Crippen molar-refractivity contribution < 1.29 is 23.8 Å². The average molecular weight is 783 g/mol. The molecule has 0 aliphatic rings. The lowest BCUT2D eigenvalue weighted by Crippen LogP contribution is -2.30. The van der Waals surface area contributed by atoms with Gasteiger partial charge in [-0.15, -0.1) is 0 Å². The number of carbonyl (C=O) groups is 2. The van der Waals surface area contributed by atoms with Crippen LogP contribution in [-0.2, 0) is 23.8 Å². The first kappa shape index (κ1) is 53.6. The van der Waals surface area contributed by atoms with Crippen molar-refractivity contribution in [3.8, 4) is 0 Å². The van der Waals surface area contributed by atoms with E-state index in [-0.39, 0.29) is 25.2 Å². The van der Waals surface area contributed by atoms with Crippen LogP contribution < -0.4 is 0 Å². The van der Waals surface area contributed by atoms with Gasteiger partial charge in [-0.1, -0.05) is 191 Å². The van der Waals surface area contributed by atoms with Gasteiger partial charge in [0, 0.05) is 19.4 Å². The zero-order valence-electron chi connectivity index (χ0n) is 37.1. The molecule has 5 nitrogen and oxygen atoms in total. The minimum Gasteiger partial charge on any atom is -0.462 e. The molecule has 0 N–H and O–H groups in total. The third kappa shape index (κ3) is 44.3. The van der Waals surface area contributed by atoms with Gasteiger partial charge < -0.3 is 14.2 Å². The molecule has 0 fully saturated rings. The predicted octanol–water partition coefficient (Wildman–Crippen LogP) is 15.8. The van der Waals surface area contributed by atoms with E-state index < -0.39 is 6.10 Å². The molecule has 0 aromatic carbocycles. The van der Waals surface area contributed by atoms with Crippen LogP contribution in [0, 0.1) is 0 Å². The molecule has 1 unspecified atom stereocenters. The van der Waals surface area contributed by atoms with Gasteiger partial charge in [-0.2, -0.15) is 0 Å². The highest BCUT2D eigenvalue weighted by molar-refractivity contribution is 5.70. The van der Waals surface area contributed by atoms with Crippen LogP contribution in [0.4, 0.5) is 0 Å². The lowest BCUT2D eigenvalue weighted by molar-refractivity contribution is -0.163. The van der Waals surface area contributed by atoms with Crippen molar-refractivity contribution in [2.45, 2.75) is 232 Å². The summed E-state index contributed by atoms with van der Waals surface area (Å²) in [5.41, 5.74) is 0. The first-order valence-corrected chi connectivity index (χ1v) is 23.8. The summed E-state index contributed by atoms with van der Waals surface area (Å²) in [7, 11) is 0. The molecule has 324 valence electrons. The van der Waals surface area contributed by atoms with Crippen LogP contribution in [0.15, 0.2) is 60.8 Å². The van der Waals surface area contributed by atoms with Gasteiger partial charge in [0.15, 0.2) is 6.10 Å². The van der Waals surface area contributed by atoms with Crippen LogP contribution in [0.25, 0.3) is 0 Å². The molecule has 0 aliphatic carbocycles. The molecule has 0 aromatic heterocycles. The summed E-state index contributed by atoms with van der Waals surface area (Å²) in [6, 6.07) is 0. The SMILES string of the molecule is CC/C=C\C/C=C\C/C=C\CCCCCCCCCC(=O)OCC(COCCCCCCCC)OC(=O)CCCCCCCCC/C=C\C/C=C\CCCCC. The molecule has 5 heteroatoms. The Morgan fingerprint density at radius 3 is 1.32 bits per heavy atom. The van der Waals surface area contributed by atoms with E-state index in [1.54, 1.807) is 0 Å². The largest absolute Gasteiger partial charge is 0.462 e. The Labute approximate surface area is 347 Å². The number of hydrogen-bond acceptors (Lipinski definition) is 5. The maximum atomic E-state index is 12.7.